The van der Waals surface area contributed by atoms with Crippen molar-refractivity contribution < 1.29 is 18.3 Å². The van der Waals surface area contributed by atoms with E-state index in [1.807, 2.05) is 0 Å². The highest BCUT2D eigenvalue weighted by Crippen LogP contribution is 2.24. The van der Waals surface area contributed by atoms with Crippen LogP contribution in [0.15, 0.2) is 42.5 Å². The predicted molar refractivity (Wildman–Crippen MR) is 75.6 cm³/mol. The van der Waals surface area contributed by atoms with Crippen LogP contribution in [-0.4, -0.2) is 19.1 Å². The van der Waals surface area contributed by atoms with E-state index in [1.165, 1.54) is 30.3 Å². The highest BCUT2D eigenvalue weighted by atomic mass is 35.5. The van der Waals surface area contributed by atoms with E-state index in [0.29, 0.717) is 5.75 Å². The minimum atomic E-state index is -0.475. The maximum Gasteiger partial charge on any atom is 0.251 e. The summed E-state index contributed by atoms with van der Waals surface area (Å²) in [5, 5.41) is 2.74. The first-order chi connectivity index (χ1) is 10.1. The van der Waals surface area contributed by atoms with Crippen molar-refractivity contribution in [1.29, 1.82) is 0 Å². The van der Waals surface area contributed by atoms with Crippen LogP contribution in [0.25, 0.3) is 0 Å². The predicted octanol–water partition coefficient (Wildman–Crippen LogP) is 3.43. The Morgan fingerprint density at radius 2 is 1.90 bits per heavy atom. The second-order valence-corrected chi connectivity index (χ2v) is 4.60. The third-order valence-electron chi connectivity index (χ3n) is 2.63. The van der Waals surface area contributed by atoms with Gasteiger partial charge in [0.1, 0.15) is 24.0 Å². The van der Waals surface area contributed by atoms with Crippen molar-refractivity contribution in [2.75, 3.05) is 13.2 Å². The first kappa shape index (κ1) is 15.3. The van der Waals surface area contributed by atoms with Gasteiger partial charge in [-0.3, -0.25) is 4.79 Å². The van der Waals surface area contributed by atoms with Crippen LogP contribution < -0.4 is 10.1 Å². The smallest absolute Gasteiger partial charge is 0.251 e. The zero-order valence-corrected chi connectivity index (χ0v) is 11.7. The number of rotatable bonds is 5. The van der Waals surface area contributed by atoms with Gasteiger partial charge in [-0.05, 0) is 36.4 Å². The van der Waals surface area contributed by atoms with Crippen molar-refractivity contribution in [3.8, 4) is 5.75 Å². The van der Waals surface area contributed by atoms with Gasteiger partial charge in [-0.25, -0.2) is 8.78 Å². The molecule has 2 rings (SSSR count). The van der Waals surface area contributed by atoms with E-state index in [9.17, 15) is 13.6 Å². The summed E-state index contributed by atoms with van der Waals surface area (Å²) in [6.45, 7) is 0.370. The zero-order valence-electron chi connectivity index (χ0n) is 10.9. The molecule has 110 valence electrons. The number of ether oxygens (including phenoxy) is 1. The number of carbonyl (C=O) groups is 1. The molecule has 0 heterocycles. The molecule has 0 fully saturated rings. The number of amides is 1. The van der Waals surface area contributed by atoms with Crippen LogP contribution in [0.4, 0.5) is 8.78 Å². The molecule has 2 aromatic rings. The number of halogens is 3. The van der Waals surface area contributed by atoms with Gasteiger partial charge >= 0.3 is 0 Å². The lowest BCUT2D eigenvalue weighted by Gasteiger charge is -2.09. The second kappa shape index (κ2) is 7.04. The van der Waals surface area contributed by atoms with Gasteiger partial charge in [0.15, 0.2) is 0 Å². The Kier molecular flexibility index (Phi) is 5.11. The molecule has 0 unspecified atom stereocenters. The van der Waals surface area contributed by atoms with Crippen molar-refractivity contribution in [1.82, 2.24) is 5.32 Å². The molecule has 1 N–H and O–H groups in total. The Bertz CT molecular complexity index is 649. The molecule has 3 nitrogen and oxygen atoms in total. The maximum absolute atomic E-state index is 13.0. The first-order valence-electron chi connectivity index (χ1n) is 6.18. The third-order valence-corrected chi connectivity index (χ3v) is 2.92. The Balaban J connectivity index is 1.80. The van der Waals surface area contributed by atoms with Crippen LogP contribution in [0, 0.1) is 11.6 Å². The van der Waals surface area contributed by atoms with Gasteiger partial charge in [0.2, 0.25) is 0 Å². The van der Waals surface area contributed by atoms with Crippen LogP contribution >= 0.6 is 11.6 Å². The molecule has 0 aliphatic rings. The summed E-state index contributed by atoms with van der Waals surface area (Å²) in [4.78, 5) is 11.7. The molecule has 6 heteroatoms. The zero-order chi connectivity index (χ0) is 15.2. The van der Waals surface area contributed by atoms with E-state index >= 15 is 0 Å². The SMILES string of the molecule is O=C(NCCOc1ccc(F)cc1Cl)c1cccc(F)c1. The molecular weight excluding hydrogens is 300 g/mol. The highest BCUT2D eigenvalue weighted by molar-refractivity contribution is 6.32. The average molecular weight is 312 g/mol. The molecule has 0 atom stereocenters. The van der Waals surface area contributed by atoms with Crippen LogP contribution in [-0.2, 0) is 0 Å². The van der Waals surface area contributed by atoms with Gasteiger partial charge in [-0.15, -0.1) is 0 Å². The van der Waals surface area contributed by atoms with Gasteiger partial charge in [0.05, 0.1) is 11.6 Å². The monoisotopic (exact) mass is 311 g/mol. The van der Waals surface area contributed by atoms with Crippen LogP contribution in [0.2, 0.25) is 5.02 Å². The lowest BCUT2D eigenvalue weighted by molar-refractivity contribution is 0.0946. The Hall–Kier alpha value is -2.14. The Morgan fingerprint density at radius 3 is 2.62 bits per heavy atom. The molecule has 0 spiro atoms. The van der Waals surface area contributed by atoms with Crippen molar-refractivity contribution >= 4 is 17.5 Å². The van der Waals surface area contributed by atoms with Crippen molar-refractivity contribution in [2.24, 2.45) is 0 Å². The molecule has 0 saturated heterocycles. The standard InChI is InChI=1S/C15H12ClF2NO2/c16-13-9-12(18)4-5-14(13)21-7-6-19-15(20)10-2-1-3-11(17)8-10/h1-5,8-9H,6-7H2,(H,19,20). The molecule has 0 radical (unpaired) electrons. The fourth-order valence-corrected chi connectivity index (χ4v) is 1.87. The Morgan fingerprint density at radius 1 is 1.14 bits per heavy atom. The van der Waals surface area contributed by atoms with Gasteiger partial charge < -0.3 is 10.1 Å². The average Bonchev–Trinajstić information content (AvgIpc) is 2.45. The summed E-state index contributed by atoms with van der Waals surface area (Å²) >= 11 is 5.79. The molecular formula is C15H12ClF2NO2. The van der Waals surface area contributed by atoms with Gasteiger partial charge in [0, 0.05) is 5.56 Å². The number of nitrogens with one attached hydrogen (secondary N) is 1. The van der Waals surface area contributed by atoms with Gasteiger partial charge in [0.25, 0.3) is 5.91 Å². The number of hydrogen-bond acceptors (Lipinski definition) is 2. The fraction of sp³-hybridized carbons (Fsp3) is 0.133. The Labute approximate surface area is 125 Å². The molecule has 0 saturated carbocycles. The largest absolute Gasteiger partial charge is 0.490 e. The normalized spacial score (nSPS) is 10.2. The van der Waals surface area contributed by atoms with Crippen LogP contribution in [0.3, 0.4) is 0 Å². The minimum Gasteiger partial charge on any atom is -0.490 e. The van der Waals surface area contributed by atoms with Crippen molar-refractivity contribution in [2.45, 2.75) is 0 Å². The summed E-state index contributed by atoms with van der Waals surface area (Å²) in [6.07, 6.45) is 0. The summed E-state index contributed by atoms with van der Waals surface area (Å²) in [6, 6.07) is 9.15. The molecule has 21 heavy (non-hydrogen) atoms. The van der Waals surface area contributed by atoms with Crippen LogP contribution in [0.1, 0.15) is 10.4 Å². The van der Waals surface area contributed by atoms with Crippen molar-refractivity contribution in [3.05, 3.63) is 64.7 Å². The summed E-state index contributed by atoms with van der Waals surface area (Å²) in [5.41, 5.74) is 0.231. The van der Waals surface area contributed by atoms with Gasteiger partial charge in [-0.2, -0.15) is 0 Å². The summed E-state index contributed by atoms with van der Waals surface area (Å²) in [5.74, 6) is -0.995. The van der Waals surface area contributed by atoms with Crippen molar-refractivity contribution in [3.63, 3.8) is 0 Å². The third kappa shape index (κ3) is 4.43. The fourth-order valence-electron chi connectivity index (χ4n) is 1.65. The van der Waals surface area contributed by atoms with Crippen LogP contribution in [0.5, 0.6) is 5.75 Å². The molecule has 0 aliphatic heterocycles. The van der Waals surface area contributed by atoms with E-state index in [-0.39, 0.29) is 23.7 Å². The van der Waals surface area contributed by atoms with E-state index in [1.54, 1.807) is 0 Å². The van der Waals surface area contributed by atoms with E-state index in [4.69, 9.17) is 16.3 Å². The second-order valence-electron chi connectivity index (χ2n) is 4.19. The lowest BCUT2D eigenvalue weighted by Crippen LogP contribution is -2.28. The quantitative estimate of drug-likeness (QED) is 0.859. The maximum atomic E-state index is 13.0. The molecule has 1 amide bonds. The highest BCUT2D eigenvalue weighted by Gasteiger charge is 2.06. The lowest BCUT2D eigenvalue weighted by atomic mass is 10.2. The molecule has 0 aromatic heterocycles. The van der Waals surface area contributed by atoms with E-state index < -0.39 is 17.5 Å². The number of carbonyl (C=O) groups excluding carboxylic acids is 1. The number of hydrogen-bond donors (Lipinski definition) is 1. The topological polar surface area (TPSA) is 38.3 Å². The molecule has 2 aromatic carbocycles. The summed E-state index contributed by atoms with van der Waals surface area (Å²) in [7, 11) is 0. The van der Waals surface area contributed by atoms with Gasteiger partial charge in [-0.1, -0.05) is 17.7 Å². The van der Waals surface area contributed by atoms with E-state index in [0.717, 1.165) is 12.1 Å². The molecule has 0 bridgehead atoms. The molecule has 0 aliphatic carbocycles. The minimum absolute atomic E-state index is 0.159. The summed E-state index contributed by atoms with van der Waals surface area (Å²) < 4.78 is 31.1. The first-order valence-corrected chi connectivity index (χ1v) is 6.55. The van der Waals surface area contributed by atoms with E-state index in [2.05, 4.69) is 5.32 Å². The number of benzene rings is 2.